The van der Waals surface area contributed by atoms with E-state index in [1.165, 1.54) is 11.3 Å². The fourth-order valence-corrected chi connectivity index (χ4v) is 2.97. The summed E-state index contributed by atoms with van der Waals surface area (Å²) in [5, 5.41) is 14.6. The number of carbonyl (C=O) groups excluding carboxylic acids is 1. The number of rotatable bonds is 4. The van der Waals surface area contributed by atoms with Gasteiger partial charge in [0.15, 0.2) is 5.01 Å². The van der Waals surface area contributed by atoms with Gasteiger partial charge in [-0.3, -0.25) is 10.3 Å². The van der Waals surface area contributed by atoms with E-state index in [2.05, 4.69) is 25.8 Å². The molecule has 0 aromatic carbocycles. The maximum Gasteiger partial charge on any atom is 0.321 e. The normalized spacial score (nSPS) is 20.8. The van der Waals surface area contributed by atoms with Crippen LogP contribution in [0.3, 0.4) is 0 Å². The number of carbonyl (C=O) groups is 1. The lowest BCUT2D eigenvalue weighted by molar-refractivity contribution is 0.0232. The maximum atomic E-state index is 11.9. The van der Waals surface area contributed by atoms with Gasteiger partial charge < -0.3 is 10.1 Å². The zero-order valence-electron chi connectivity index (χ0n) is 12.2. The molecule has 0 spiro atoms. The molecule has 3 rings (SSSR count). The molecule has 22 heavy (non-hydrogen) atoms. The molecule has 1 aliphatic rings. The number of pyridine rings is 1. The second-order valence-electron chi connectivity index (χ2n) is 5.34. The zero-order valence-corrected chi connectivity index (χ0v) is 13.0. The van der Waals surface area contributed by atoms with Crippen molar-refractivity contribution >= 4 is 22.5 Å². The highest BCUT2D eigenvalue weighted by Crippen LogP contribution is 2.25. The maximum absolute atomic E-state index is 11.9. The van der Waals surface area contributed by atoms with Crippen molar-refractivity contribution in [1.82, 2.24) is 20.5 Å². The first-order valence-corrected chi connectivity index (χ1v) is 7.90. The molecule has 3 heterocycles. The van der Waals surface area contributed by atoms with Crippen LogP contribution in [0.25, 0.3) is 10.7 Å². The molecule has 2 amide bonds. The van der Waals surface area contributed by atoms with Gasteiger partial charge in [-0.25, -0.2) is 4.79 Å². The number of amides is 2. The van der Waals surface area contributed by atoms with Crippen LogP contribution >= 0.6 is 11.3 Å². The van der Waals surface area contributed by atoms with Gasteiger partial charge >= 0.3 is 6.03 Å². The van der Waals surface area contributed by atoms with Gasteiger partial charge in [0.25, 0.3) is 0 Å². The highest BCUT2D eigenvalue weighted by atomic mass is 32.1. The molecule has 2 aromatic heterocycles. The molecule has 8 heteroatoms. The molecule has 116 valence electrons. The van der Waals surface area contributed by atoms with E-state index in [1.807, 2.05) is 25.1 Å². The van der Waals surface area contributed by atoms with Crippen molar-refractivity contribution in [2.24, 2.45) is 0 Å². The average Bonchev–Trinajstić information content (AvgIpc) is 3.16. The number of ether oxygens (including phenoxy) is 1. The summed E-state index contributed by atoms with van der Waals surface area (Å²) in [5.41, 5.74) is 0.470. The third-order valence-electron chi connectivity index (χ3n) is 3.45. The van der Waals surface area contributed by atoms with Crippen molar-refractivity contribution < 1.29 is 9.53 Å². The van der Waals surface area contributed by atoms with E-state index < -0.39 is 0 Å². The fourth-order valence-electron chi connectivity index (χ4n) is 2.25. The third-order valence-corrected chi connectivity index (χ3v) is 4.31. The van der Waals surface area contributed by atoms with Crippen molar-refractivity contribution in [3.63, 3.8) is 0 Å². The second-order valence-corrected chi connectivity index (χ2v) is 6.31. The first-order chi connectivity index (χ1) is 10.6. The van der Waals surface area contributed by atoms with Gasteiger partial charge in [-0.2, -0.15) is 0 Å². The van der Waals surface area contributed by atoms with E-state index in [0.717, 1.165) is 25.1 Å². The molecule has 1 atom stereocenters. The van der Waals surface area contributed by atoms with Gasteiger partial charge in [-0.15, -0.1) is 10.2 Å². The molecular weight excluding hydrogens is 302 g/mol. The number of nitrogens with one attached hydrogen (secondary N) is 2. The molecule has 0 bridgehead atoms. The zero-order chi connectivity index (χ0) is 15.4. The van der Waals surface area contributed by atoms with Crippen LogP contribution < -0.4 is 10.6 Å². The molecule has 0 saturated carbocycles. The van der Waals surface area contributed by atoms with E-state index in [0.29, 0.717) is 16.7 Å². The van der Waals surface area contributed by atoms with Gasteiger partial charge in [-0.05, 0) is 31.9 Å². The quantitative estimate of drug-likeness (QED) is 0.902. The Morgan fingerprint density at radius 2 is 2.36 bits per heavy atom. The van der Waals surface area contributed by atoms with Crippen LogP contribution in [0.4, 0.5) is 9.93 Å². The van der Waals surface area contributed by atoms with E-state index in [9.17, 15) is 4.79 Å². The number of urea groups is 1. The topological polar surface area (TPSA) is 89.0 Å². The van der Waals surface area contributed by atoms with Gasteiger partial charge in [0, 0.05) is 19.3 Å². The Hall–Kier alpha value is -2.06. The molecule has 0 radical (unpaired) electrons. The standard InChI is InChI=1S/C14H17N5O2S/c1-14(6-4-8-21-14)9-16-12(20)17-13-19-18-11(22-13)10-5-2-3-7-15-10/h2-3,5,7H,4,6,8-9H2,1H3,(H2,16,17,19,20). The predicted octanol–water partition coefficient (Wildman–Crippen LogP) is 2.29. The Kier molecular flexibility index (Phi) is 4.30. The summed E-state index contributed by atoms with van der Waals surface area (Å²) >= 11 is 1.28. The Morgan fingerprint density at radius 3 is 3.09 bits per heavy atom. The minimum Gasteiger partial charge on any atom is -0.373 e. The van der Waals surface area contributed by atoms with Gasteiger partial charge in [0.05, 0.1) is 5.60 Å². The highest BCUT2D eigenvalue weighted by Gasteiger charge is 2.30. The van der Waals surface area contributed by atoms with Crippen molar-refractivity contribution in [1.29, 1.82) is 0 Å². The summed E-state index contributed by atoms with van der Waals surface area (Å²) in [7, 11) is 0. The lowest BCUT2D eigenvalue weighted by Gasteiger charge is -2.23. The van der Waals surface area contributed by atoms with Crippen molar-refractivity contribution in [3.8, 4) is 10.7 Å². The minimum atomic E-state index is -0.305. The summed E-state index contributed by atoms with van der Waals surface area (Å²) < 4.78 is 5.63. The molecule has 1 fully saturated rings. The van der Waals surface area contributed by atoms with Crippen molar-refractivity contribution in [3.05, 3.63) is 24.4 Å². The van der Waals surface area contributed by atoms with Crippen LogP contribution in [-0.4, -0.2) is 40.0 Å². The van der Waals surface area contributed by atoms with Crippen LogP contribution in [0.15, 0.2) is 24.4 Å². The van der Waals surface area contributed by atoms with Gasteiger partial charge in [0.2, 0.25) is 5.13 Å². The Bertz CT molecular complexity index is 640. The summed E-state index contributed by atoms with van der Waals surface area (Å²) in [4.78, 5) is 16.1. The van der Waals surface area contributed by atoms with Crippen molar-refractivity contribution in [2.75, 3.05) is 18.5 Å². The molecular formula is C14H17N5O2S. The third kappa shape index (κ3) is 3.58. The highest BCUT2D eigenvalue weighted by molar-refractivity contribution is 7.18. The van der Waals surface area contributed by atoms with Crippen molar-refractivity contribution in [2.45, 2.75) is 25.4 Å². The first kappa shape index (κ1) is 14.9. The summed E-state index contributed by atoms with van der Waals surface area (Å²) in [6.07, 6.45) is 3.68. The number of aromatic nitrogens is 3. The molecule has 2 aromatic rings. The van der Waals surface area contributed by atoms with Crippen LogP contribution in [-0.2, 0) is 4.74 Å². The molecule has 7 nitrogen and oxygen atoms in total. The molecule has 1 unspecified atom stereocenters. The molecule has 0 aliphatic carbocycles. The average molecular weight is 319 g/mol. The van der Waals surface area contributed by atoms with E-state index in [1.54, 1.807) is 6.20 Å². The molecule has 2 N–H and O–H groups in total. The Balaban J connectivity index is 1.55. The summed E-state index contributed by atoms with van der Waals surface area (Å²) in [5.74, 6) is 0. The Morgan fingerprint density at radius 1 is 1.45 bits per heavy atom. The van der Waals surface area contributed by atoms with E-state index >= 15 is 0 Å². The second kappa shape index (κ2) is 6.37. The minimum absolute atomic E-state index is 0.266. The Labute approximate surface area is 132 Å². The van der Waals surface area contributed by atoms with Crippen LogP contribution in [0, 0.1) is 0 Å². The lowest BCUT2D eigenvalue weighted by atomic mass is 10.0. The van der Waals surface area contributed by atoms with Gasteiger partial charge in [0.1, 0.15) is 5.69 Å². The van der Waals surface area contributed by atoms with E-state index in [4.69, 9.17) is 4.74 Å². The number of anilines is 1. The molecule has 1 saturated heterocycles. The summed E-state index contributed by atoms with van der Waals surface area (Å²) in [6, 6.07) is 5.26. The first-order valence-electron chi connectivity index (χ1n) is 7.08. The van der Waals surface area contributed by atoms with E-state index in [-0.39, 0.29) is 11.6 Å². The fraction of sp³-hybridized carbons (Fsp3) is 0.429. The lowest BCUT2D eigenvalue weighted by Crippen LogP contribution is -2.41. The number of nitrogens with zero attached hydrogens (tertiary/aromatic N) is 3. The summed E-state index contributed by atoms with van der Waals surface area (Å²) in [6.45, 7) is 3.23. The predicted molar refractivity (Wildman–Crippen MR) is 83.8 cm³/mol. The number of hydrogen-bond donors (Lipinski definition) is 2. The largest absolute Gasteiger partial charge is 0.373 e. The van der Waals surface area contributed by atoms with Crippen LogP contribution in [0.1, 0.15) is 19.8 Å². The van der Waals surface area contributed by atoms with Crippen LogP contribution in [0.5, 0.6) is 0 Å². The monoisotopic (exact) mass is 319 g/mol. The van der Waals surface area contributed by atoms with Gasteiger partial charge in [-0.1, -0.05) is 17.4 Å². The molecule has 1 aliphatic heterocycles. The SMILES string of the molecule is CC1(CNC(=O)Nc2nnc(-c3ccccn3)s2)CCCO1. The smallest absolute Gasteiger partial charge is 0.321 e. The van der Waals surface area contributed by atoms with Crippen LogP contribution in [0.2, 0.25) is 0 Å². The number of hydrogen-bond acceptors (Lipinski definition) is 6.